The van der Waals surface area contributed by atoms with Crippen LogP contribution in [0.3, 0.4) is 0 Å². The van der Waals surface area contributed by atoms with Crippen molar-refractivity contribution < 1.29 is 4.74 Å². The Labute approximate surface area is 138 Å². The Morgan fingerprint density at radius 3 is 1.86 bits per heavy atom. The zero-order valence-electron chi connectivity index (χ0n) is 15.2. The second-order valence-electron chi connectivity index (χ2n) is 6.57. The summed E-state index contributed by atoms with van der Waals surface area (Å²) in [4.78, 5) is 0. The molecule has 1 aromatic carbocycles. The Hall–Kier alpha value is -0.915. The van der Waals surface area contributed by atoms with E-state index in [1.807, 2.05) is 0 Å². The molecule has 0 radical (unpaired) electrons. The summed E-state index contributed by atoms with van der Waals surface area (Å²) in [5.41, 5.74) is 1.52. The van der Waals surface area contributed by atoms with Crippen molar-refractivity contribution in [1.82, 2.24) is 0 Å². The molecule has 124 valence electrons. The number of methoxy groups -OCH3 is 1. The molecule has 1 atom stereocenters. The molecule has 22 heavy (non-hydrogen) atoms. The largest absolute Gasteiger partial charge is 0.497 e. The van der Waals surface area contributed by atoms with Gasteiger partial charge in [-0.25, -0.2) is 0 Å². The maximum absolute atomic E-state index is 5.32. The Morgan fingerprint density at radius 2 is 1.41 bits per heavy atom. The second kappa shape index (κ2) is 11.6. The van der Waals surface area contributed by atoms with E-state index in [2.05, 4.69) is 45.0 Å². The Balaban J connectivity index is 2.88. The van der Waals surface area contributed by atoms with Gasteiger partial charge in [0, 0.05) is 0 Å². The van der Waals surface area contributed by atoms with Gasteiger partial charge in [0.05, 0.1) is 7.11 Å². The average molecular weight is 302 g/mol. The molecule has 0 unspecified atom stereocenters. The Morgan fingerprint density at radius 1 is 0.864 bits per heavy atom. The van der Waals surface area contributed by atoms with Crippen LogP contribution in [0.1, 0.15) is 77.1 Å². The first kappa shape index (κ1) is 19.1. The van der Waals surface area contributed by atoms with Crippen molar-refractivity contribution in [3.05, 3.63) is 29.8 Å². The maximum Gasteiger partial charge on any atom is 0.148 e. The van der Waals surface area contributed by atoms with E-state index in [0.29, 0.717) is 0 Å². The first-order valence-corrected chi connectivity index (χ1v) is 9.40. The number of benzene rings is 1. The van der Waals surface area contributed by atoms with Gasteiger partial charge in [-0.15, -0.1) is 0 Å². The molecule has 0 saturated heterocycles. The summed E-state index contributed by atoms with van der Waals surface area (Å²) in [6, 6.07) is 8.85. The molecular weight excluding hydrogens is 267 g/mol. The fourth-order valence-corrected chi connectivity index (χ4v) is 3.43. The number of unbranched alkanes of at least 4 members (excludes halogenated alkanes) is 3. The van der Waals surface area contributed by atoms with E-state index in [-0.39, 0.29) is 0 Å². The van der Waals surface area contributed by atoms with Crippen molar-refractivity contribution in [2.75, 3.05) is 7.11 Å². The zero-order chi connectivity index (χ0) is 16.2. The van der Waals surface area contributed by atoms with E-state index in [4.69, 9.17) is 4.74 Å². The minimum Gasteiger partial charge on any atom is -0.497 e. The minimum absolute atomic E-state index is 0.726. The van der Waals surface area contributed by atoms with Gasteiger partial charge in [-0.2, -0.15) is 0 Å². The van der Waals surface area contributed by atoms with Crippen LogP contribution in [0.15, 0.2) is 24.3 Å². The molecule has 0 N–H and O–H groups in total. The van der Waals surface area contributed by atoms with Crippen LogP contribution in [0.25, 0.3) is 0 Å². The topological polar surface area (TPSA) is 9.23 Å². The van der Waals surface area contributed by atoms with Crippen molar-refractivity contribution >= 4 is 6.71 Å². The molecule has 0 saturated carbocycles. The summed E-state index contributed by atoms with van der Waals surface area (Å²) in [7, 11) is 1.74. The monoisotopic (exact) mass is 302 g/mol. The van der Waals surface area contributed by atoms with Gasteiger partial charge < -0.3 is 4.74 Å². The molecule has 1 aromatic rings. The summed E-state index contributed by atoms with van der Waals surface area (Å²) in [6.45, 7) is 7.77. The molecule has 0 aliphatic heterocycles. The summed E-state index contributed by atoms with van der Waals surface area (Å²) in [5, 5.41) is 0. The van der Waals surface area contributed by atoms with E-state index in [1.54, 1.807) is 7.11 Å². The van der Waals surface area contributed by atoms with Gasteiger partial charge in [0.15, 0.2) is 0 Å². The third-order valence-electron chi connectivity index (χ3n) is 4.84. The first-order chi connectivity index (χ1) is 10.8. The van der Waals surface area contributed by atoms with Gasteiger partial charge in [0.2, 0.25) is 0 Å². The van der Waals surface area contributed by atoms with E-state index in [9.17, 15) is 0 Å². The van der Waals surface area contributed by atoms with Crippen LogP contribution in [0.5, 0.6) is 5.75 Å². The lowest BCUT2D eigenvalue weighted by Gasteiger charge is -2.25. The molecule has 0 heterocycles. The second-order valence-corrected chi connectivity index (χ2v) is 6.57. The van der Waals surface area contributed by atoms with Gasteiger partial charge in [0.1, 0.15) is 12.5 Å². The highest BCUT2D eigenvalue weighted by atomic mass is 16.5. The normalized spacial score (nSPS) is 12.2. The summed E-state index contributed by atoms with van der Waals surface area (Å²) < 4.78 is 5.32. The SMILES string of the molecule is CCCCB(CCCC)[C@@H](CCCC)c1ccc(OC)cc1. The number of ether oxygens (including phenoxy) is 1. The van der Waals surface area contributed by atoms with Crippen LogP contribution < -0.4 is 4.74 Å². The van der Waals surface area contributed by atoms with Gasteiger partial charge in [-0.3, -0.25) is 0 Å². The minimum atomic E-state index is 0.726. The summed E-state index contributed by atoms with van der Waals surface area (Å²) in [6.07, 6.45) is 12.1. The summed E-state index contributed by atoms with van der Waals surface area (Å²) in [5.74, 6) is 1.70. The van der Waals surface area contributed by atoms with Crippen LogP contribution in [0, 0.1) is 0 Å². The van der Waals surface area contributed by atoms with Gasteiger partial charge >= 0.3 is 0 Å². The van der Waals surface area contributed by atoms with Crippen molar-refractivity contribution in [2.45, 2.75) is 84.2 Å². The summed E-state index contributed by atoms with van der Waals surface area (Å²) >= 11 is 0. The molecule has 0 aromatic heterocycles. The average Bonchev–Trinajstić information content (AvgIpc) is 2.57. The van der Waals surface area contributed by atoms with Crippen molar-refractivity contribution in [2.24, 2.45) is 0 Å². The molecular formula is C20H35BO. The van der Waals surface area contributed by atoms with Gasteiger partial charge in [-0.1, -0.05) is 96.1 Å². The van der Waals surface area contributed by atoms with E-state index < -0.39 is 0 Å². The molecule has 0 spiro atoms. The number of hydrogen-bond donors (Lipinski definition) is 0. The highest BCUT2D eigenvalue weighted by Gasteiger charge is 2.25. The fraction of sp³-hybridized carbons (Fsp3) is 0.700. The molecule has 2 heteroatoms. The lowest BCUT2D eigenvalue weighted by atomic mass is 9.34. The van der Waals surface area contributed by atoms with Crippen LogP contribution in [-0.4, -0.2) is 13.8 Å². The highest BCUT2D eigenvalue weighted by Crippen LogP contribution is 2.32. The zero-order valence-corrected chi connectivity index (χ0v) is 15.2. The highest BCUT2D eigenvalue weighted by molar-refractivity contribution is 6.60. The molecule has 0 aliphatic rings. The van der Waals surface area contributed by atoms with E-state index in [0.717, 1.165) is 18.3 Å². The Kier molecular flexibility index (Phi) is 10.1. The van der Waals surface area contributed by atoms with E-state index in [1.165, 1.54) is 63.1 Å². The molecule has 0 amide bonds. The van der Waals surface area contributed by atoms with Crippen molar-refractivity contribution in [1.29, 1.82) is 0 Å². The van der Waals surface area contributed by atoms with Crippen LogP contribution in [0.2, 0.25) is 12.6 Å². The van der Waals surface area contributed by atoms with Crippen LogP contribution in [0.4, 0.5) is 0 Å². The molecule has 0 fully saturated rings. The third-order valence-corrected chi connectivity index (χ3v) is 4.84. The van der Waals surface area contributed by atoms with Crippen LogP contribution in [-0.2, 0) is 0 Å². The Bertz CT molecular complexity index is 366. The maximum atomic E-state index is 5.32. The smallest absolute Gasteiger partial charge is 0.148 e. The molecule has 0 aliphatic carbocycles. The third kappa shape index (κ3) is 6.46. The van der Waals surface area contributed by atoms with Crippen molar-refractivity contribution in [3.63, 3.8) is 0 Å². The predicted octanol–water partition coefficient (Wildman–Crippen LogP) is 6.60. The van der Waals surface area contributed by atoms with Crippen LogP contribution >= 0.6 is 0 Å². The predicted molar refractivity (Wildman–Crippen MR) is 100 cm³/mol. The first-order valence-electron chi connectivity index (χ1n) is 9.40. The quantitative estimate of drug-likeness (QED) is 0.395. The molecule has 0 bridgehead atoms. The lowest BCUT2D eigenvalue weighted by Crippen LogP contribution is -2.24. The van der Waals surface area contributed by atoms with Crippen molar-refractivity contribution in [3.8, 4) is 5.75 Å². The fourth-order valence-electron chi connectivity index (χ4n) is 3.43. The lowest BCUT2D eigenvalue weighted by molar-refractivity contribution is 0.414. The number of hydrogen-bond acceptors (Lipinski definition) is 1. The van der Waals surface area contributed by atoms with E-state index >= 15 is 0 Å². The van der Waals surface area contributed by atoms with Gasteiger partial charge in [0.25, 0.3) is 0 Å². The molecule has 1 nitrogen and oxygen atoms in total. The molecule has 1 rings (SSSR count). The standard InChI is InChI=1S/C20H35BO/c1-5-8-11-20(18-12-14-19(22-4)15-13-18)21(16-9-6-2)17-10-7-3/h12-15,20H,5-11,16-17H2,1-4H3/t20-/m0/s1. The number of rotatable bonds is 12. The van der Waals surface area contributed by atoms with Gasteiger partial charge in [-0.05, 0) is 17.9 Å².